The van der Waals surface area contributed by atoms with Gasteiger partial charge < -0.3 is 44.5 Å². The average Bonchev–Trinajstić information content (AvgIpc) is 3.13. The fraction of sp³-hybridized carbons (Fsp3) is 0.522. The molecule has 3 aliphatic rings. The van der Waals surface area contributed by atoms with Crippen molar-refractivity contribution in [1.82, 2.24) is 0 Å². The van der Waals surface area contributed by atoms with Crippen LogP contribution in [0.3, 0.4) is 0 Å². The summed E-state index contributed by atoms with van der Waals surface area (Å²) in [5, 5.41) is 49.4. The number of fused-ring (bicyclic) bond motifs is 1. The van der Waals surface area contributed by atoms with Crippen LogP contribution in [0.4, 0.5) is 0 Å². The highest BCUT2D eigenvalue weighted by Gasteiger charge is 2.54. The van der Waals surface area contributed by atoms with E-state index in [1.807, 2.05) is 0 Å². The summed E-state index contributed by atoms with van der Waals surface area (Å²) in [5.41, 5.74) is -0.0401. The van der Waals surface area contributed by atoms with Crippen molar-refractivity contribution in [2.24, 2.45) is 17.8 Å². The van der Waals surface area contributed by atoms with Crippen molar-refractivity contribution in [3.8, 4) is 5.75 Å². The summed E-state index contributed by atoms with van der Waals surface area (Å²) in [6.07, 6.45) is -7.97. The lowest BCUT2D eigenvalue weighted by Crippen LogP contribution is -2.61. The lowest BCUT2D eigenvalue weighted by molar-refractivity contribution is -0.341. The molecule has 2 aliphatic heterocycles. The Morgan fingerprint density at radius 2 is 1.80 bits per heavy atom. The molecule has 0 spiro atoms. The Hall–Kier alpha value is -3.03. The third kappa shape index (κ3) is 4.75. The van der Waals surface area contributed by atoms with Crippen LogP contribution in [0.5, 0.6) is 5.75 Å². The number of aliphatic hydroxyl groups excluding tert-OH is 3. The van der Waals surface area contributed by atoms with E-state index in [0.717, 1.165) is 6.26 Å². The Labute approximate surface area is 199 Å². The quantitative estimate of drug-likeness (QED) is 0.321. The van der Waals surface area contributed by atoms with E-state index in [2.05, 4.69) is 0 Å². The number of aliphatic carboxylic acids is 1. The van der Waals surface area contributed by atoms with Crippen LogP contribution < -0.4 is 0 Å². The van der Waals surface area contributed by atoms with Crippen LogP contribution in [-0.4, -0.2) is 86.9 Å². The fourth-order valence-corrected chi connectivity index (χ4v) is 4.71. The second-order valence-corrected chi connectivity index (χ2v) is 8.79. The minimum absolute atomic E-state index is 0.0153. The first-order valence-electron chi connectivity index (χ1n) is 11.0. The predicted octanol–water partition coefficient (Wildman–Crippen LogP) is -0.461. The molecule has 12 heteroatoms. The van der Waals surface area contributed by atoms with E-state index in [-0.39, 0.29) is 29.1 Å². The summed E-state index contributed by atoms with van der Waals surface area (Å²) in [4.78, 5) is 36.6. The molecule has 1 saturated heterocycles. The van der Waals surface area contributed by atoms with Gasteiger partial charge in [-0.15, -0.1) is 0 Å². The van der Waals surface area contributed by atoms with Crippen molar-refractivity contribution in [2.75, 3.05) is 6.61 Å². The maximum Gasteiger partial charge on any atom is 0.338 e. The van der Waals surface area contributed by atoms with Gasteiger partial charge in [0.2, 0.25) is 12.6 Å². The van der Waals surface area contributed by atoms with E-state index >= 15 is 0 Å². The number of aliphatic hydroxyl groups is 3. The van der Waals surface area contributed by atoms with Crippen LogP contribution in [0.25, 0.3) is 0 Å². The molecular formula is C23H26O12. The maximum atomic E-state index is 12.7. The van der Waals surface area contributed by atoms with Gasteiger partial charge in [-0.3, -0.25) is 4.79 Å². The van der Waals surface area contributed by atoms with Gasteiger partial charge in [-0.1, -0.05) is 6.92 Å². The van der Waals surface area contributed by atoms with Gasteiger partial charge in [0, 0.05) is 24.2 Å². The summed E-state index contributed by atoms with van der Waals surface area (Å²) >= 11 is 0. The highest BCUT2D eigenvalue weighted by atomic mass is 16.8. The van der Waals surface area contributed by atoms with Crippen molar-refractivity contribution >= 4 is 17.7 Å². The lowest BCUT2D eigenvalue weighted by Gasteiger charge is -2.44. The molecule has 4 rings (SSSR count). The van der Waals surface area contributed by atoms with Gasteiger partial charge in [-0.2, -0.15) is 0 Å². The number of ether oxygens (including phenoxy) is 4. The second-order valence-electron chi connectivity index (χ2n) is 8.79. The SMILES string of the molecule is C[C@H]1C(=O)C[C@@H]2C(C(=O)O)=CO[C@@H](O[C@@H]3O[C@H](CO)[C@@H](O)[C@H](O)[C@H]3OC(=O)c3ccc(O)cc3)[C@@H]21. The Kier molecular flexibility index (Phi) is 7.10. The molecule has 0 radical (unpaired) electrons. The molecule has 1 aromatic rings. The van der Waals surface area contributed by atoms with Crippen molar-refractivity contribution in [1.29, 1.82) is 0 Å². The number of carboxylic acids is 1. The Morgan fingerprint density at radius 1 is 1.11 bits per heavy atom. The van der Waals surface area contributed by atoms with Crippen LogP contribution in [0.1, 0.15) is 23.7 Å². The maximum absolute atomic E-state index is 12.7. The number of ketones is 1. The zero-order valence-corrected chi connectivity index (χ0v) is 18.6. The molecule has 2 heterocycles. The zero-order valence-electron chi connectivity index (χ0n) is 18.6. The number of phenolic OH excluding ortho intramolecular Hbond substituents is 1. The fourth-order valence-electron chi connectivity index (χ4n) is 4.71. The number of carbonyl (C=O) groups excluding carboxylic acids is 2. The normalized spacial score (nSPS) is 36.6. The standard InChI is InChI=1S/C23H26O12/c1-9-14(26)6-12-13(20(29)30)8-32-22(16(9)12)35-23-19(18(28)17(27)15(7-24)33-23)34-21(31)10-2-4-11(25)5-3-10/h2-5,8-9,12,15-19,22-25,27-28H,6-7H2,1H3,(H,29,30)/t9-,12+,15+,16+,17+,18-,19+,22-,23-/m0/s1. The first-order chi connectivity index (χ1) is 16.6. The number of esters is 1. The number of hydrogen-bond donors (Lipinski definition) is 5. The molecule has 35 heavy (non-hydrogen) atoms. The molecule has 12 nitrogen and oxygen atoms in total. The number of rotatable bonds is 6. The first kappa shape index (κ1) is 25.1. The minimum Gasteiger partial charge on any atom is -0.508 e. The van der Waals surface area contributed by atoms with E-state index in [9.17, 15) is 39.9 Å². The number of benzene rings is 1. The lowest BCUT2D eigenvalue weighted by atomic mass is 9.83. The molecule has 0 aromatic heterocycles. The van der Waals surface area contributed by atoms with Crippen LogP contribution in [-0.2, 0) is 28.5 Å². The van der Waals surface area contributed by atoms with Gasteiger partial charge in [0.1, 0.15) is 29.8 Å². The van der Waals surface area contributed by atoms with Crippen molar-refractivity contribution in [2.45, 2.75) is 50.3 Å². The van der Waals surface area contributed by atoms with E-state index in [0.29, 0.717) is 0 Å². The van der Waals surface area contributed by atoms with Crippen LogP contribution >= 0.6 is 0 Å². The molecule has 0 unspecified atom stereocenters. The number of phenols is 1. The van der Waals surface area contributed by atoms with E-state index in [1.54, 1.807) is 6.92 Å². The number of hydrogen-bond acceptors (Lipinski definition) is 11. The smallest absolute Gasteiger partial charge is 0.338 e. The summed E-state index contributed by atoms with van der Waals surface area (Å²) in [6.45, 7) is 0.933. The Balaban J connectivity index is 1.59. The first-order valence-corrected chi connectivity index (χ1v) is 11.0. The predicted molar refractivity (Wildman–Crippen MR) is 113 cm³/mol. The molecule has 0 bridgehead atoms. The van der Waals surface area contributed by atoms with Crippen molar-refractivity contribution in [3.63, 3.8) is 0 Å². The monoisotopic (exact) mass is 494 g/mol. The van der Waals surface area contributed by atoms with Crippen LogP contribution in [0.15, 0.2) is 36.1 Å². The largest absolute Gasteiger partial charge is 0.508 e. The highest BCUT2D eigenvalue weighted by Crippen LogP contribution is 2.45. The van der Waals surface area contributed by atoms with Gasteiger partial charge in [0.25, 0.3) is 0 Å². The van der Waals surface area contributed by atoms with Crippen molar-refractivity contribution in [3.05, 3.63) is 41.7 Å². The Bertz CT molecular complexity index is 1000. The zero-order chi connectivity index (χ0) is 25.4. The highest BCUT2D eigenvalue weighted by molar-refractivity contribution is 5.92. The van der Waals surface area contributed by atoms with Gasteiger partial charge in [-0.05, 0) is 24.3 Å². The molecule has 190 valence electrons. The van der Waals surface area contributed by atoms with E-state index in [4.69, 9.17) is 18.9 Å². The minimum atomic E-state index is -1.72. The van der Waals surface area contributed by atoms with Gasteiger partial charge >= 0.3 is 11.9 Å². The van der Waals surface area contributed by atoms with Gasteiger partial charge in [0.15, 0.2) is 6.10 Å². The number of carboxylic acid groups (broad SMARTS) is 1. The summed E-state index contributed by atoms with van der Waals surface area (Å²) in [7, 11) is 0. The molecule has 1 aliphatic carbocycles. The van der Waals surface area contributed by atoms with Crippen LogP contribution in [0.2, 0.25) is 0 Å². The summed E-state index contributed by atoms with van der Waals surface area (Å²) < 4.78 is 22.3. The molecule has 9 atom stereocenters. The number of aromatic hydroxyl groups is 1. The third-order valence-corrected chi connectivity index (χ3v) is 6.70. The molecule has 0 amide bonds. The number of carbonyl (C=O) groups is 3. The topological polar surface area (TPSA) is 189 Å². The Morgan fingerprint density at radius 3 is 2.43 bits per heavy atom. The number of Topliss-reactive ketones (excluding diaryl/α,β-unsaturated/α-hetero) is 1. The summed E-state index contributed by atoms with van der Waals surface area (Å²) in [5.74, 6) is -4.39. The average molecular weight is 494 g/mol. The van der Waals surface area contributed by atoms with Crippen LogP contribution in [0, 0.1) is 17.8 Å². The van der Waals surface area contributed by atoms with E-state index < -0.39 is 73.3 Å². The third-order valence-electron chi connectivity index (χ3n) is 6.70. The van der Waals surface area contributed by atoms with Gasteiger partial charge in [0.05, 0.1) is 24.0 Å². The van der Waals surface area contributed by atoms with Crippen molar-refractivity contribution < 1.29 is 58.9 Å². The van der Waals surface area contributed by atoms with E-state index in [1.165, 1.54) is 24.3 Å². The molecule has 1 saturated carbocycles. The summed E-state index contributed by atoms with van der Waals surface area (Å²) in [6, 6.07) is 5.09. The molecule has 2 fully saturated rings. The molecular weight excluding hydrogens is 468 g/mol. The second kappa shape index (κ2) is 9.91. The molecule has 1 aromatic carbocycles. The van der Waals surface area contributed by atoms with Gasteiger partial charge in [-0.25, -0.2) is 9.59 Å². The molecule has 5 N–H and O–H groups in total.